The highest BCUT2D eigenvalue weighted by Crippen LogP contribution is 2.48. The molecule has 0 aliphatic heterocycles. The predicted molar refractivity (Wildman–Crippen MR) is 81.8 cm³/mol. The third-order valence-electron chi connectivity index (χ3n) is 4.80. The fourth-order valence-electron chi connectivity index (χ4n) is 3.69. The van der Waals surface area contributed by atoms with Gasteiger partial charge in [0.25, 0.3) is 0 Å². The summed E-state index contributed by atoms with van der Waals surface area (Å²) in [7, 11) is 0. The van der Waals surface area contributed by atoms with Gasteiger partial charge in [-0.2, -0.15) is 0 Å². The first-order valence-corrected chi connectivity index (χ1v) is 7.67. The summed E-state index contributed by atoms with van der Waals surface area (Å²) in [6.07, 6.45) is 5.09. The molecule has 1 aromatic carbocycles. The van der Waals surface area contributed by atoms with Crippen LogP contribution in [0.3, 0.4) is 0 Å². The zero-order valence-electron chi connectivity index (χ0n) is 12.5. The summed E-state index contributed by atoms with van der Waals surface area (Å²) in [5, 5.41) is 30.8. The Labute approximate surface area is 133 Å². The van der Waals surface area contributed by atoms with E-state index in [4.69, 9.17) is 0 Å². The number of hydrogen-bond acceptors (Lipinski definition) is 4. The molecule has 0 spiro atoms. The largest absolute Gasteiger partial charge is 0.504 e. The normalized spacial score (nSPS) is 28.0. The van der Waals surface area contributed by atoms with Crippen LogP contribution < -0.4 is 5.32 Å². The molecule has 3 rings (SSSR count). The van der Waals surface area contributed by atoms with E-state index in [9.17, 15) is 24.9 Å². The van der Waals surface area contributed by atoms with E-state index >= 15 is 0 Å². The Kier molecular flexibility index (Phi) is 3.98. The van der Waals surface area contributed by atoms with E-state index in [0.29, 0.717) is 13.0 Å². The van der Waals surface area contributed by atoms with Gasteiger partial charge in [-0.1, -0.05) is 18.2 Å². The lowest BCUT2D eigenvalue weighted by atomic mass is 9.82. The maximum absolute atomic E-state index is 12.4. The van der Waals surface area contributed by atoms with E-state index in [-0.39, 0.29) is 29.2 Å². The highest BCUT2D eigenvalue weighted by molar-refractivity contribution is 5.86. The number of carboxylic acids is 1. The molecular weight excluding hydrogens is 298 g/mol. The molecule has 4 atom stereocenters. The minimum atomic E-state index is -0.912. The molecule has 1 saturated carbocycles. The summed E-state index contributed by atoms with van der Waals surface area (Å²) in [6, 6.07) is 4.51. The Hall–Kier alpha value is -2.50. The monoisotopic (exact) mass is 317 g/mol. The van der Waals surface area contributed by atoms with Crippen LogP contribution in [0.2, 0.25) is 0 Å². The number of hydrogen-bond donors (Lipinski definition) is 4. The Bertz CT molecular complexity index is 669. The molecule has 0 radical (unpaired) electrons. The number of carboxylic acid groups (broad SMARTS) is 1. The topological polar surface area (TPSA) is 107 Å². The SMILES string of the molecule is O=C(NCCc1ccc(O)c(O)c1)[C@@H]1[C@@H](C(=O)O)[C@H]2C=C[C@@H]1C2. The molecule has 0 heterocycles. The highest BCUT2D eigenvalue weighted by atomic mass is 16.4. The van der Waals surface area contributed by atoms with Gasteiger partial charge >= 0.3 is 5.97 Å². The molecule has 4 N–H and O–H groups in total. The number of nitrogens with one attached hydrogen (secondary N) is 1. The fourth-order valence-corrected chi connectivity index (χ4v) is 3.69. The Morgan fingerprint density at radius 2 is 1.78 bits per heavy atom. The van der Waals surface area contributed by atoms with Gasteiger partial charge in [-0.3, -0.25) is 9.59 Å². The van der Waals surface area contributed by atoms with Crippen molar-refractivity contribution in [2.75, 3.05) is 6.54 Å². The van der Waals surface area contributed by atoms with E-state index in [1.54, 1.807) is 6.07 Å². The van der Waals surface area contributed by atoms with Crippen LogP contribution in [0, 0.1) is 23.7 Å². The van der Waals surface area contributed by atoms with Crippen LogP contribution in [-0.4, -0.2) is 33.7 Å². The summed E-state index contributed by atoms with van der Waals surface area (Å²) in [6.45, 7) is 0.354. The van der Waals surface area contributed by atoms with E-state index < -0.39 is 17.8 Å². The Balaban J connectivity index is 1.58. The lowest BCUT2D eigenvalue weighted by molar-refractivity contribution is -0.147. The quantitative estimate of drug-likeness (QED) is 0.483. The maximum Gasteiger partial charge on any atom is 0.307 e. The fraction of sp³-hybridized carbons (Fsp3) is 0.412. The van der Waals surface area contributed by atoms with Gasteiger partial charge in [0.05, 0.1) is 11.8 Å². The lowest BCUT2D eigenvalue weighted by Gasteiger charge is -2.23. The number of aliphatic carboxylic acids is 1. The average Bonchev–Trinajstić information content (AvgIpc) is 3.11. The molecule has 0 saturated heterocycles. The van der Waals surface area contributed by atoms with Gasteiger partial charge in [0.2, 0.25) is 5.91 Å². The van der Waals surface area contributed by atoms with Crippen molar-refractivity contribution in [2.24, 2.45) is 23.7 Å². The third kappa shape index (κ3) is 2.88. The predicted octanol–water partition coefficient (Wildman–Crippen LogP) is 1.28. The minimum Gasteiger partial charge on any atom is -0.504 e. The second-order valence-corrected chi connectivity index (χ2v) is 6.20. The van der Waals surface area contributed by atoms with E-state index in [1.165, 1.54) is 12.1 Å². The number of carbonyl (C=O) groups is 2. The van der Waals surface area contributed by atoms with Crippen molar-refractivity contribution in [1.29, 1.82) is 0 Å². The molecule has 6 heteroatoms. The van der Waals surface area contributed by atoms with Crippen LogP contribution in [0.15, 0.2) is 30.4 Å². The highest BCUT2D eigenvalue weighted by Gasteiger charge is 2.51. The van der Waals surface area contributed by atoms with Gasteiger partial charge in [0.1, 0.15) is 0 Å². The molecule has 2 aliphatic carbocycles. The van der Waals surface area contributed by atoms with Gasteiger partial charge in [-0.05, 0) is 42.4 Å². The molecule has 6 nitrogen and oxygen atoms in total. The second kappa shape index (κ2) is 5.95. The van der Waals surface area contributed by atoms with Gasteiger partial charge in [0, 0.05) is 6.54 Å². The number of benzene rings is 1. The first kappa shape index (κ1) is 15.4. The average molecular weight is 317 g/mol. The van der Waals surface area contributed by atoms with Gasteiger partial charge in [-0.25, -0.2) is 0 Å². The second-order valence-electron chi connectivity index (χ2n) is 6.20. The van der Waals surface area contributed by atoms with Crippen molar-refractivity contribution in [3.8, 4) is 11.5 Å². The zero-order chi connectivity index (χ0) is 16.6. The molecular formula is C17H19NO5. The number of amides is 1. The summed E-state index contributed by atoms with van der Waals surface area (Å²) >= 11 is 0. The van der Waals surface area contributed by atoms with Crippen LogP contribution in [0.5, 0.6) is 11.5 Å². The van der Waals surface area contributed by atoms with Crippen molar-refractivity contribution in [3.05, 3.63) is 35.9 Å². The molecule has 1 fully saturated rings. The molecule has 122 valence electrons. The maximum atomic E-state index is 12.4. The van der Waals surface area contributed by atoms with E-state index in [2.05, 4.69) is 5.32 Å². The molecule has 0 aromatic heterocycles. The molecule has 23 heavy (non-hydrogen) atoms. The van der Waals surface area contributed by atoms with Crippen molar-refractivity contribution >= 4 is 11.9 Å². The standard InChI is InChI=1S/C17H19NO5/c19-12-4-1-9(7-13(12)20)5-6-18-16(21)14-10-2-3-11(8-10)15(14)17(22)23/h1-4,7,10-11,14-15,19-20H,5-6,8H2,(H,18,21)(H,22,23)/t10-,11+,14+,15+/m1/s1. The van der Waals surface area contributed by atoms with E-state index in [1.807, 2.05) is 12.2 Å². The van der Waals surface area contributed by atoms with Crippen LogP contribution in [-0.2, 0) is 16.0 Å². The number of fused-ring (bicyclic) bond motifs is 2. The number of carbonyl (C=O) groups excluding carboxylic acids is 1. The smallest absolute Gasteiger partial charge is 0.307 e. The first-order chi connectivity index (χ1) is 11.0. The summed E-state index contributed by atoms with van der Waals surface area (Å²) < 4.78 is 0. The number of allylic oxidation sites excluding steroid dienone is 2. The van der Waals surface area contributed by atoms with Crippen molar-refractivity contribution < 1.29 is 24.9 Å². The number of rotatable bonds is 5. The first-order valence-electron chi connectivity index (χ1n) is 7.67. The lowest BCUT2D eigenvalue weighted by Crippen LogP contribution is -2.40. The molecule has 1 amide bonds. The van der Waals surface area contributed by atoms with E-state index in [0.717, 1.165) is 12.0 Å². The number of aromatic hydroxyl groups is 2. The van der Waals surface area contributed by atoms with Crippen LogP contribution in [0.4, 0.5) is 0 Å². The van der Waals surface area contributed by atoms with Crippen molar-refractivity contribution in [1.82, 2.24) is 5.32 Å². The Morgan fingerprint density at radius 3 is 2.43 bits per heavy atom. The van der Waals surface area contributed by atoms with Crippen LogP contribution in [0.25, 0.3) is 0 Å². The number of phenolic OH excluding ortho intramolecular Hbond substituents is 2. The minimum absolute atomic E-state index is 0.0128. The zero-order valence-corrected chi connectivity index (χ0v) is 12.5. The molecule has 2 bridgehead atoms. The van der Waals surface area contributed by atoms with Gasteiger partial charge in [0.15, 0.2) is 11.5 Å². The summed E-state index contributed by atoms with van der Waals surface area (Å²) in [5.41, 5.74) is 0.781. The van der Waals surface area contributed by atoms with Gasteiger partial charge < -0.3 is 20.6 Å². The van der Waals surface area contributed by atoms with Gasteiger partial charge in [-0.15, -0.1) is 0 Å². The molecule has 2 aliphatic rings. The van der Waals surface area contributed by atoms with Crippen LogP contribution in [0.1, 0.15) is 12.0 Å². The summed E-state index contributed by atoms with van der Waals surface area (Å²) in [5.74, 6) is -2.68. The molecule has 0 unspecified atom stereocenters. The van der Waals surface area contributed by atoms with Crippen LogP contribution >= 0.6 is 0 Å². The van der Waals surface area contributed by atoms with Crippen molar-refractivity contribution in [3.63, 3.8) is 0 Å². The third-order valence-corrected chi connectivity index (χ3v) is 4.80. The van der Waals surface area contributed by atoms with Crippen molar-refractivity contribution in [2.45, 2.75) is 12.8 Å². The molecule has 1 aromatic rings. The number of phenols is 2. The summed E-state index contributed by atoms with van der Waals surface area (Å²) in [4.78, 5) is 23.8. The Morgan fingerprint density at radius 1 is 1.09 bits per heavy atom.